The molecular formula is C13H24ClN3O2. The molecule has 5 nitrogen and oxygen atoms in total. The Morgan fingerprint density at radius 3 is 2.79 bits per heavy atom. The third-order valence-corrected chi connectivity index (χ3v) is 4.40. The molecule has 2 rings (SSSR count). The number of carbonyl (C=O) groups excluding carboxylic acids is 2. The molecular weight excluding hydrogens is 266 g/mol. The maximum atomic E-state index is 12.6. The molecule has 2 atom stereocenters. The lowest BCUT2D eigenvalue weighted by molar-refractivity contribution is -0.152. The van der Waals surface area contributed by atoms with Gasteiger partial charge in [0.1, 0.15) is 5.54 Å². The average molecular weight is 290 g/mol. The smallest absolute Gasteiger partial charge is 0.245 e. The second-order valence-corrected chi connectivity index (χ2v) is 5.84. The van der Waals surface area contributed by atoms with Gasteiger partial charge in [0, 0.05) is 19.0 Å². The van der Waals surface area contributed by atoms with Gasteiger partial charge in [-0.05, 0) is 39.2 Å². The molecule has 2 aliphatic rings. The molecule has 0 bridgehead atoms. The number of piperazine rings is 1. The molecule has 6 heteroatoms. The molecule has 1 aliphatic carbocycles. The number of rotatable bonds is 2. The summed E-state index contributed by atoms with van der Waals surface area (Å²) in [5.74, 6) is 0.352. The van der Waals surface area contributed by atoms with Crippen LogP contribution in [0.2, 0.25) is 0 Å². The van der Waals surface area contributed by atoms with Crippen molar-refractivity contribution in [3.8, 4) is 0 Å². The maximum absolute atomic E-state index is 12.6. The first-order valence-electron chi connectivity index (χ1n) is 6.78. The van der Waals surface area contributed by atoms with E-state index < -0.39 is 5.54 Å². The summed E-state index contributed by atoms with van der Waals surface area (Å²) in [6, 6.07) is 0. The van der Waals surface area contributed by atoms with Gasteiger partial charge in [0.25, 0.3) is 0 Å². The minimum absolute atomic E-state index is 0. The van der Waals surface area contributed by atoms with Crippen LogP contribution in [0, 0.1) is 11.8 Å². The van der Waals surface area contributed by atoms with Crippen molar-refractivity contribution in [2.75, 3.05) is 19.6 Å². The van der Waals surface area contributed by atoms with Gasteiger partial charge in [-0.1, -0.05) is 6.42 Å². The number of hydrogen-bond acceptors (Lipinski definition) is 3. The van der Waals surface area contributed by atoms with Crippen LogP contribution in [0.15, 0.2) is 0 Å². The van der Waals surface area contributed by atoms with E-state index in [1.165, 1.54) is 0 Å². The third kappa shape index (κ3) is 2.87. The van der Waals surface area contributed by atoms with Crippen molar-refractivity contribution in [2.45, 2.75) is 38.6 Å². The van der Waals surface area contributed by atoms with Crippen molar-refractivity contribution >= 4 is 24.2 Å². The van der Waals surface area contributed by atoms with Crippen LogP contribution in [0.3, 0.4) is 0 Å². The van der Waals surface area contributed by atoms with Crippen LogP contribution in [-0.4, -0.2) is 41.9 Å². The topological polar surface area (TPSA) is 75.4 Å². The van der Waals surface area contributed by atoms with Gasteiger partial charge in [-0.25, -0.2) is 0 Å². The average Bonchev–Trinajstić information content (AvgIpc) is 2.80. The maximum Gasteiger partial charge on any atom is 0.245 e. The van der Waals surface area contributed by atoms with Crippen molar-refractivity contribution in [3.05, 3.63) is 0 Å². The van der Waals surface area contributed by atoms with Crippen LogP contribution in [0.4, 0.5) is 0 Å². The van der Waals surface area contributed by atoms with Gasteiger partial charge < -0.3 is 16.0 Å². The number of hydrogen-bond donors (Lipinski definition) is 2. The van der Waals surface area contributed by atoms with Gasteiger partial charge in [-0.3, -0.25) is 9.59 Å². The predicted octanol–water partition coefficient (Wildman–Crippen LogP) is 0.520. The highest BCUT2D eigenvalue weighted by Gasteiger charge is 2.44. The highest BCUT2D eigenvalue weighted by atomic mass is 35.5. The molecule has 1 saturated heterocycles. The Morgan fingerprint density at radius 1 is 1.47 bits per heavy atom. The van der Waals surface area contributed by atoms with Crippen LogP contribution in [0.1, 0.15) is 33.1 Å². The van der Waals surface area contributed by atoms with Gasteiger partial charge in [0.05, 0.1) is 0 Å². The zero-order chi connectivity index (χ0) is 13.3. The quantitative estimate of drug-likeness (QED) is 0.778. The van der Waals surface area contributed by atoms with Gasteiger partial charge in [-0.2, -0.15) is 0 Å². The molecule has 0 aromatic carbocycles. The second-order valence-electron chi connectivity index (χ2n) is 5.84. The Hall–Kier alpha value is -0.810. The van der Waals surface area contributed by atoms with E-state index in [-0.39, 0.29) is 30.1 Å². The normalized spacial score (nSPS) is 29.6. The van der Waals surface area contributed by atoms with E-state index in [9.17, 15) is 9.59 Å². The molecule has 3 N–H and O–H groups in total. The highest BCUT2D eigenvalue weighted by molar-refractivity contribution is 5.92. The second kappa shape index (κ2) is 6.09. The molecule has 0 unspecified atom stereocenters. The van der Waals surface area contributed by atoms with E-state index in [1.807, 2.05) is 13.8 Å². The minimum atomic E-state index is -0.739. The van der Waals surface area contributed by atoms with Crippen molar-refractivity contribution in [3.63, 3.8) is 0 Å². The lowest BCUT2D eigenvalue weighted by Crippen LogP contribution is -2.64. The molecule has 0 aromatic heterocycles. The number of amides is 2. The van der Waals surface area contributed by atoms with E-state index in [2.05, 4.69) is 5.32 Å². The number of carbonyl (C=O) groups is 2. The molecule has 0 aromatic rings. The molecule has 19 heavy (non-hydrogen) atoms. The standard InChI is InChI=1S/C13H23N3O2.ClH/c1-13(2)12(18)15-6-7-16(13)11(17)10-5-3-4-9(10)8-14;/h9-10H,3-8,14H2,1-2H3,(H,15,18);1H/t9-,10-;/m1./s1. The SMILES string of the molecule is CC1(C)C(=O)NCCN1C(=O)[C@@H]1CCC[C@@H]1CN.Cl. The van der Waals surface area contributed by atoms with E-state index in [4.69, 9.17) is 5.73 Å². The summed E-state index contributed by atoms with van der Waals surface area (Å²) in [6.45, 7) is 5.34. The lowest BCUT2D eigenvalue weighted by Gasteiger charge is -2.43. The summed E-state index contributed by atoms with van der Waals surface area (Å²) in [7, 11) is 0. The summed E-state index contributed by atoms with van der Waals surface area (Å²) in [6.07, 6.45) is 3.01. The van der Waals surface area contributed by atoms with Crippen LogP contribution in [-0.2, 0) is 9.59 Å². The van der Waals surface area contributed by atoms with Crippen LogP contribution >= 0.6 is 12.4 Å². The Labute approximate surface area is 120 Å². The fraction of sp³-hybridized carbons (Fsp3) is 0.846. The highest BCUT2D eigenvalue weighted by Crippen LogP contribution is 2.34. The molecule has 110 valence electrons. The molecule has 1 heterocycles. The number of halogens is 1. The first-order chi connectivity index (χ1) is 8.48. The summed E-state index contributed by atoms with van der Waals surface area (Å²) >= 11 is 0. The van der Waals surface area contributed by atoms with Crippen molar-refractivity contribution in [1.29, 1.82) is 0 Å². The predicted molar refractivity (Wildman–Crippen MR) is 75.9 cm³/mol. The lowest BCUT2D eigenvalue weighted by atomic mass is 9.91. The van der Waals surface area contributed by atoms with Crippen molar-refractivity contribution in [1.82, 2.24) is 10.2 Å². The Kier molecular flexibility index (Phi) is 5.21. The van der Waals surface area contributed by atoms with Crippen molar-refractivity contribution in [2.24, 2.45) is 17.6 Å². The third-order valence-electron chi connectivity index (χ3n) is 4.40. The number of nitrogens with two attached hydrogens (primary N) is 1. The van der Waals surface area contributed by atoms with E-state index in [0.29, 0.717) is 25.6 Å². The molecule has 0 radical (unpaired) electrons. The molecule has 0 spiro atoms. The number of nitrogens with zero attached hydrogens (tertiary/aromatic N) is 1. The molecule has 2 fully saturated rings. The van der Waals surface area contributed by atoms with Crippen LogP contribution < -0.4 is 11.1 Å². The van der Waals surface area contributed by atoms with Crippen LogP contribution in [0.25, 0.3) is 0 Å². The Bertz CT molecular complexity index is 360. The fourth-order valence-electron chi connectivity index (χ4n) is 3.13. The van der Waals surface area contributed by atoms with Gasteiger partial charge in [0.2, 0.25) is 11.8 Å². The van der Waals surface area contributed by atoms with Gasteiger partial charge >= 0.3 is 0 Å². The Morgan fingerprint density at radius 2 is 2.16 bits per heavy atom. The zero-order valence-electron chi connectivity index (χ0n) is 11.6. The summed E-state index contributed by atoms with van der Waals surface area (Å²) in [5.41, 5.74) is 5.00. The first-order valence-corrected chi connectivity index (χ1v) is 6.78. The fourth-order valence-corrected chi connectivity index (χ4v) is 3.13. The largest absolute Gasteiger partial charge is 0.352 e. The molecule has 2 amide bonds. The van der Waals surface area contributed by atoms with Crippen molar-refractivity contribution < 1.29 is 9.59 Å². The van der Waals surface area contributed by atoms with E-state index >= 15 is 0 Å². The van der Waals surface area contributed by atoms with E-state index in [1.54, 1.807) is 4.90 Å². The molecule has 1 saturated carbocycles. The summed E-state index contributed by atoms with van der Waals surface area (Å²) in [5, 5.41) is 2.82. The van der Waals surface area contributed by atoms with Gasteiger partial charge in [0.15, 0.2) is 0 Å². The summed E-state index contributed by atoms with van der Waals surface area (Å²) < 4.78 is 0. The minimum Gasteiger partial charge on any atom is -0.352 e. The summed E-state index contributed by atoms with van der Waals surface area (Å²) in [4.78, 5) is 26.2. The number of nitrogens with one attached hydrogen (secondary N) is 1. The monoisotopic (exact) mass is 289 g/mol. The van der Waals surface area contributed by atoms with Crippen LogP contribution in [0.5, 0.6) is 0 Å². The molecule has 1 aliphatic heterocycles. The van der Waals surface area contributed by atoms with E-state index in [0.717, 1.165) is 19.3 Å². The first kappa shape index (κ1) is 16.2. The Balaban J connectivity index is 0.00000180. The zero-order valence-corrected chi connectivity index (χ0v) is 12.5. The van der Waals surface area contributed by atoms with Gasteiger partial charge in [-0.15, -0.1) is 12.4 Å².